The predicted molar refractivity (Wildman–Crippen MR) is 116 cm³/mol. The van der Waals surface area contributed by atoms with Gasteiger partial charge in [0.05, 0.1) is 12.2 Å². The van der Waals surface area contributed by atoms with Gasteiger partial charge >= 0.3 is 0 Å². The summed E-state index contributed by atoms with van der Waals surface area (Å²) in [6.07, 6.45) is 6.34. The van der Waals surface area contributed by atoms with E-state index >= 15 is 0 Å². The Labute approximate surface area is 172 Å². The molecule has 0 radical (unpaired) electrons. The molecule has 0 aliphatic carbocycles. The SMILES string of the molecule is Cc1ccc2nc(CNc3ccc(C(=O)N(C)C4CCCN(C)C4)cc3)cn2c1. The van der Waals surface area contributed by atoms with Crippen molar-refractivity contribution in [3.8, 4) is 0 Å². The Bertz CT molecular complexity index is 994. The highest BCUT2D eigenvalue weighted by Crippen LogP contribution is 2.18. The van der Waals surface area contributed by atoms with Crippen LogP contribution in [0.4, 0.5) is 5.69 Å². The number of aromatic nitrogens is 2. The van der Waals surface area contributed by atoms with Crippen LogP contribution in [0.5, 0.6) is 0 Å². The van der Waals surface area contributed by atoms with Gasteiger partial charge in [0.1, 0.15) is 5.65 Å². The van der Waals surface area contributed by atoms with Gasteiger partial charge in [0.25, 0.3) is 5.91 Å². The molecule has 4 rings (SSSR count). The van der Waals surface area contributed by atoms with Crippen LogP contribution in [-0.2, 0) is 6.54 Å². The summed E-state index contributed by atoms with van der Waals surface area (Å²) >= 11 is 0. The van der Waals surface area contributed by atoms with Crippen LogP contribution in [-0.4, -0.2) is 58.3 Å². The van der Waals surface area contributed by atoms with Crippen LogP contribution in [0, 0.1) is 6.92 Å². The van der Waals surface area contributed by atoms with Crippen LogP contribution >= 0.6 is 0 Å². The molecule has 1 saturated heterocycles. The maximum Gasteiger partial charge on any atom is 0.253 e. The Morgan fingerprint density at radius 1 is 1.21 bits per heavy atom. The first kappa shape index (κ1) is 19.5. The lowest BCUT2D eigenvalue weighted by molar-refractivity contribution is 0.0644. The number of aryl methyl sites for hydroxylation is 1. The molecule has 1 amide bonds. The number of anilines is 1. The van der Waals surface area contributed by atoms with Gasteiger partial charge in [0.15, 0.2) is 0 Å². The summed E-state index contributed by atoms with van der Waals surface area (Å²) in [5.41, 5.74) is 4.85. The molecule has 1 unspecified atom stereocenters. The number of nitrogens with one attached hydrogen (secondary N) is 1. The average Bonchev–Trinajstić information content (AvgIpc) is 3.13. The van der Waals surface area contributed by atoms with Crippen LogP contribution < -0.4 is 5.32 Å². The zero-order valence-electron chi connectivity index (χ0n) is 17.4. The number of amides is 1. The highest BCUT2D eigenvalue weighted by Gasteiger charge is 2.25. The Balaban J connectivity index is 1.37. The first-order chi connectivity index (χ1) is 14.0. The van der Waals surface area contributed by atoms with Crippen LogP contribution in [0.1, 0.15) is 34.5 Å². The molecular weight excluding hydrogens is 362 g/mol. The summed E-state index contributed by atoms with van der Waals surface area (Å²) in [6, 6.07) is 12.1. The lowest BCUT2D eigenvalue weighted by atomic mass is 10.0. The van der Waals surface area contributed by atoms with Crippen molar-refractivity contribution in [3.05, 3.63) is 65.6 Å². The number of fused-ring (bicyclic) bond motifs is 1. The minimum absolute atomic E-state index is 0.0903. The Kier molecular flexibility index (Phi) is 5.53. The number of hydrogen-bond acceptors (Lipinski definition) is 4. The van der Waals surface area contributed by atoms with Gasteiger partial charge in [-0.25, -0.2) is 4.98 Å². The fourth-order valence-electron chi connectivity index (χ4n) is 3.99. The second-order valence-electron chi connectivity index (χ2n) is 8.11. The fourth-order valence-corrected chi connectivity index (χ4v) is 3.99. The molecule has 3 aromatic rings. The zero-order valence-corrected chi connectivity index (χ0v) is 17.4. The van der Waals surface area contributed by atoms with Crippen molar-refractivity contribution in [2.75, 3.05) is 32.5 Å². The monoisotopic (exact) mass is 391 g/mol. The highest BCUT2D eigenvalue weighted by atomic mass is 16.2. The van der Waals surface area contributed by atoms with Crippen molar-refractivity contribution < 1.29 is 4.79 Å². The second kappa shape index (κ2) is 8.25. The Morgan fingerprint density at radius 2 is 2.00 bits per heavy atom. The number of imidazole rings is 1. The predicted octanol–water partition coefficient (Wildman–Crippen LogP) is 3.42. The third-order valence-electron chi connectivity index (χ3n) is 5.72. The van der Waals surface area contributed by atoms with E-state index in [1.165, 1.54) is 5.56 Å². The maximum absolute atomic E-state index is 12.8. The van der Waals surface area contributed by atoms with Crippen molar-refractivity contribution in [1.82, 2.24) is 19.2 Å². The number of likely N-dealkylation sites (N-methyl/N-ethyl adjacent to an activating group) is 2. The molecule has 6 nitrogen and oxygen atoms in total. The van der Waals surface area contributed by atoms with Crippen LogP contribution in [0.3, 0.4) is 0 Å². The minimum atomic E-state index is 0.0903. The van der Waals surface area contributed by atoms with Gasteiger partial charge in [-0.1, -0.05) is 6.07 Å². The molecule has 2 aromatic heterocycles. The van der Waals surface area contributed by atoms with Crippen molar-refractivity contribution in [2.24, 2.45) is 0 Å². The van der Waals surface area contributed by atoms with E-state index in [-0.39, 0.29) is 11.9 Å². The Hall–Kier alpha value is -2.86. The molecule has 0 spiro atoms. The quantitative estimate of drug-likeness (QED) is 0.724. The summed E-state index contributed by atoms with van der Waals surface area (Å²) in [5, 5.41) is 3.39. The van der Waals surface area contributed by atoms with Crippen molar-refractivity contribution >= 4 is 17.2 Å². The molecule has 1 fully saturated rings. The number of piperidine rings is 1. The number of carbonyl (C=O) groups is 1. The standard InChI is InChI=1S/C23H29N5O/c1-17-6-11-22-25-20(15-28(22)14-17)13-24-19-9-7-18(8-10-19)23(29)27(3)21-5-4-12-26(2)16-21/h6-11,14-15,21,24H,4-5,12-13,16H2,1-3H3. The third-order valence-corrected chi connectivity index (χ3v) is 5.72. The molecule has 1 aliphatic rings. The summed E-state index contributed by atoms with van der Waals surface area (Å²) in [5.74, 6) is 0.0903. The number of likely N-dealkylation sites (tertiary alicyclic amines) is 1. The summed E-state index contributed by atoms with van der Waals surface area (Å²) in [4.78, 5) is 21.7. The normalized spacial score (nSPS) is 17.4. The molecule has 3 heterocycles. The molecule has 0 saturated carbocycles. The number of hydrogen-bond donors (Lipinski definition) is 1. The lowest BCUT2D eigenvalue weighted by Gasteiger charge is -2.35. The molecule has 1 atom stereocenters. The maximum atomic E-state index is 12.8. The molecular formula is C23H29N5O. The number of pyridine rings is 1. The van der Waals surface area contributed by atoms with E-state index in [9.17, 15) is 4.79 Å². The van der Waals surface area contributed by atoms with Crippen molar-refractivity contribution in [2.45, 2.75) is 32.4 Å². The van der Waals surface area contributed by atoms with E-state index in [4.69, 9.17) is 0 Å². The lowest BCUT2D eigenvalue weighted by Crippen LogP contribution is -2.47. The molecule has 1 N–H and O–H groups in total. The molecule has 1 aromatic carbocycles. The molecule has 29 heavy (non-hydrogen) atoms. The van der Waals surface area contributed by atoms with Crippen LogP contribution in [0.25, 0.3) is 5.65 Å². The molecule has 6 heteroatoms. The van der Waals surface area contributed by atoms with Crippen LogP contribution in [0.2, 0.25) is 0 Å². The number of rotatable bonds is 5. The summed E-state index contributed by atoms with van der Waals surface area (Å²) in [6.45, 7) is 4.78. The van der Waals surface area contributed by atoms with Crippen molar-refractivity contribution in [1.29, 1.82) is 0 Å². The van der Waals surface area contributed by atoms with Gasteiger partial charge in [-0.05, 0) is 69.3 Å². The van der Waals surface area contributed by atoms with E-state index in [1.54, 1.807) is 0 Å². The van der Waals surface area contributed by atoms with Gasteiger partial charge in [-0.2, -0.15) is 0 Å². The summed E-state index contributed by atoms with van der Waals surface area (Å²) in [7, 11) is 4.04. The van der Waals surface area contributed by atoms with Gasteiger partial charge in [0, 0.05) is 43.3 Å². The zero-order chi connectivity index (χ0) is 20.4. The number of carbonyl (C=O) groups excluding carboxylic acids is 1. The van der Waals surface area contributed by atoms with Crippen molar-refractivity contribution in [3.63, 3.8) is 0 Å². The van der Waals surface area contributed by atoms with Crippen LogP contribution in [0.15, 0.2) is 48.8 Å². The Morgan fingerprint density at radius 3 is 2.76 bits per heavy atom. The van der Waals surface area contributed by atoms with Gasteiger partial charge < -0.3 is 19.5 Å². The smallest absolute Gasteiger partial charge is 0.253 e. The van der Waals surface area contributed by atoms with Gasteiger partial charge in [0.2, 0.25) is 0 Å². The topological polar surface area (TPSA) is 52.9 Å². The summed E-state index contributed by atoms with van der Waals surface area (Å²) < 4.78 is 2.05. The number of benzene rings is 1. The highest BCUT2D eigenvalue weighted by molar-refractivity contribution is 5.94. The largest absolute Gasteiger partial charge is 0.379 e. The van der Waals surface area contributed by atoms with Gasteiger partial charge in [-0.15, -0.1) is 0 Å². The third kappa shape index (κ3) is 4.43. The molecule has 0 bridgehead atoms. The van der Waals surface area contributed by atoms with E-state index in [0.717, 1.165) is 48.5 Å². The van der Waals surface area contributed by atoms with E-state index in [2.05, 4.69) is 41.4 Å². The molecule has 1 aliphatic heterocycles. The first-order valence-corrected chi connectivity index (χ1v) is 10.2. The average molecular weight is 392 g/mol. The first-order valence-electron chi connectivity index (χ1n) is 10.2. The van der Waals surface area contributed by atoms with E-state index in [0.29, 0.717) is 6.54 Å². The van der Waals surface area contributed by atoms with E-state index in [1.807, 2.05) is 52.9 Å². The fraction of sp³-hybridized carbons (Fsp3) is 0.391. The second-order valence-corrected chi connectivity index (χ2v) is 8.11. The van der Waals surface area contributed by atoms with Gasteiger partial charge in [-0.3, -0.25) is 4.79 Å². The molecule has 152 valence electrons. The van der Waals surface area contributed by atoms with E-state index < -0.39 is 0 Å². The number of nitrogens with zero attached hydrogens (tertiary/aromatic N) is 4. The minimum Gasteiger partial charge on any atom is -0.379 e.